The van der Waals surface area contributed by atoms with E-state index in [1.165, 1.54) is 12.1 Å². The van der Waals surface area contributed by atoms with Gasteiger partial charge >= 0.3 is 6.18 Å². The van der Waals surface area contributed by atoms with Gasteiger partial charge in [0, 0.05) is 38.9 Å². The summed E-state index contributed by atoms with van der Waals surface area (Å²) in [7, 11) is 1.84. The quantitative estimate of drug-likeness (QED) is 0.688. The van der Waals surface area contributed by atoms with Gasteiger partial charge in [0.15, 0.2) is 5.65 Å². The molecule has 27 heavy (non-hydrogen) atoms. The number of hydrogen-bond donors (Lipinski definition) is 0. The minimum atomic E-state index is -4.33. The van der Waals surface area contributed by atoms with Crippen LogP contribution in [0.3, 0.4) is 0 Å². The Bertz CT molecular complexity index is 973. The summed E-state index contributed by atoms with van der Waals surface area (Å²) in [5.41, 5.74) is 0.749. The Hall–Kier alpha value is -2.84. The number of aryl methyl sites for hydroxylation is 2. The van der Waals surface area contributed by atoms with Crippen molar-refractivity contribution >= 4 is 22.5 Å². The first-order valence-corrected chi connectivity index (χ1v) is 8.66. The summed E-state index contributed by atoms with van der Waals surface area (Å²) in [6, 6.07) is 5.49. The van der Waals surface area contributed by atoms with Crippen LogP contribution in [0.15, 0.2) is 30.5 Å². The summed E-state index contributed by atoms with van der Waals surface area (Å²) < 4.78 is 40.6. The highest BCUT2D eigenvalue weighted by molar-refractivity contribution is 5.87. The van der Waals surface area contributed by atoms with Crippen LogP contribution in [0.25, 0.3) is 11.0 Å². The molecule has 3 heterocycles. The van der Waals surface area contributed by atoms with Crippen molar-refractivity contribution in [1.29, 1.82) is 0 Å². The minimum Gasteiger partial charge on any atom is -0.368 e. The van der Waals surface area contributed by atoms with Gasteiger partial charge in [0.25, 0.3) is 0 Å². The first-order chi connectivity index (χ1) is 12.8. The van der Waals surface area contributed by atoms with Crippen molar-refractivity contribution < 1.29 is 13.2 Å². The first-order valence-electron chi connectivity index (χ1n) is 8.66. The smallest absolute Gasteiger partial charge is 0.368 e. The zero-order valence-corrected chi connectivity index (χ0v) is 15.0. The van der Waals surface area contributed by atoms with Crippen molar-refractivity contribution in [1.82, 2.24) is 19.7 Å². The second-order valence-corrected chi connectivity index (χ2v) is 6.62. The van der Waals surface area contributed by atoms with Gasteiger partial charge in [0.2, 0.25) is 0 Å². The van der Waals surface area contributed by atoms with E-state index in [0.29, 0.717) is 37.7 Å². The zero-order chi connectivity index (χ0) is 19.2. The first kappa shape index (κ1) is 17.6. The van der Waals surface area contributed by atoms with Crippen molar-refractivity contribution in [3.05, 3.63) is 41.9 Å². The van der Waals surface area contributed by atoms with Gasteiger partial charge in [-0.2, -0.15) is 18.3 Å². The third-order valence-electron chi connectivity index (χ3n) is 4.80. The number of rotatable bonds is 2. The second-order valence-electron chi connectivity index (χ2n) is 6.62. The van der Waals surface area contributed by atoms with Crippen LogP contribution in [0.1, 0.15) is 11.4 Å². The van der Waals surface area contributed by atoms with Gasteiger partial charge in [-0.05, 0) is 25.1 Å². The van der Waals surface area contributed by atoms with Gasteiger partial charge in [-0.3, -0.25) is 4.68 Å². The van der Waals surface area contributed by atoms with Crippen molar-refractivity contribution in [2.75, 3.05) is 36.0 Å². The summed E-state index contributed by atoms with van der Waals surface area (Å²) in [4.78, 5) is 13.1. The summed E-state index contributed by atoms with van der Waals surface area (Å²) in [5, 5.41) is 5.14. The largest absolute Gasteiger partial charge is 0.416 e. The number of piperazine rings is 1. The SMILES string of the molecule is Cc1nc(N2CCN(c3cccc(C(F)(F)F)c3)CC2)c2cnn(C)c2n1. The summed E-state index contributed by atoms with van der Waals surface area (Å²) in [6.45, 7) is 4.40. The molecule has 4 rings (SSSR count). The molecule has 0 N–H and O–H groups in total. The Morgan fingerprint density at radius 3 is 2.41 bits per heavy atom. The lowest BCUT2D eigenvalue weighted by molar-refractivity contribution is -0.137. The van der Waals surface area contributed by atoms with E-state index in [4.69, 9.17) is 0 Å². The predicted molar refractivity (Wildman–Crippen MR) is 96.9 cm³/mol. The molecule has 0 spiro atoms. The van der Waals surface area contributed by atoms with E-state index in [-0.39, 0.29) is 0 Å². The molecule has 1 saturated heterocycles. The standard InChI is InChI=1S/C18H19F3N6/c1-12-23-16-15(11-22-25(16)2)17(24-12)27-8-6-26(7-9-27)14-5-3-4-13(10-14)18(19,20)21/h3-5,10-11H,6-9H2,1-2H3. The molecule has 0 atom stereocenters. The van der Waals surface area contributed by atoms with Crippen LogP contribution in [0.2, 0.25) is 0 Å². The van der Waals surface area contributed by atoms with Gasteiger partial charge in [-0.1, -0.05) is 6.07 Å². The molecule has 0 bridgehead atoms. The van der Waals surface area contributed by atoms with E-state index >= 15 is 0 Å². The van der Waals surface area contributed by atoms with E-state index in [9.17, 15) is 13.2 Å². The molecule has 0 unspecified atom stereocenters. The molecule has 6 nitrogen and oxygen atoms in total. The lowest BCUT2D eigenvalue weighted by atomic mass is 10.1. The molecule has 2 aromatic heterocycles. The molecule has 3 aromatic rings. The fourth-order valence-corrected chi connectivity index (χ4v) is 3.41. The summed E-state index contributed by atoms with van der Waals surface area (Å²) in [5.74, 6) is 1.50. The lowest BCUT2D eigenvalue weighted by Crippen LogP contribution is -2.47. The number of benzene rings is 1. The average Bonchev–Trinajstić information content (AvgIpc) is 3.01. The molecule has 0 amide bonds. The normalized spacial score (nSPS) is 15.6. The molecule has 1 aliphatic rings. The Kier molecular flexibility index (Phi) is 4.16. The lowest BCUT2D eigenvalue weighted by Gasteiger charge is -2.37. The third-order valence-corrected chi connectivity index (χ3v) is 4.80. The molecule has 1 aromatic carbocycles. The maximum absolute atomic E-state index is 13.0. The van der Waals surface area contributed by atoms with E-state index in [2.05, 4.69) is 20.0 Å². The Balaban J connectivity index is 1.55. The maximum Gasteiger partial charge on any atom is 0.416 e. The summed E-state index contributed by atoms with van der Waals surface area (Å²) in [6.07, 6.45) is -2.58. The van der Waals surface area contributed by atoms with Gasteiger partial charge in [-0.15, -0.1) is 0 Å². The summed E-state index contributed by atoms with van der Waals surface area (Å²) >= 11 is 0. The number of alkyl halides is 3. The highest BCUT2D eigenvalue weighted by atomic mass is 19.4. The van der Waals surface area contributed by atoms with Crippen LogP contribution in [-0.4, -0.2) is 45.9 Å². The van der Waals surface area contributed by atoms with Gasteiger partial charge in [0.05, 0.1) is 17.1 Å². The number of anilines is 2. The molecule has 0 saturated carbocycles. The molecule has 0 aliphatic carbocycles. The number of nitrogens with zero attached hydrogens (tertiary/aromatic N) is 6. The van der Waals surface area contributed by atoms with E-state index < -0.39 is 11.7 Å². The molecular weight excluding hydrogens is 357 g/mol. The number of fused-ring (bicyclic) bond motifs is 1. The topological polar surface area (TPSA) is 50.1 Å². The molecular formula is C18H19F3N6. The minimum absolute atomic E-state index is 0.592. The van der Waals surface area contributed by atoms with Crippen LogP contribution in [0, 0.1) is 6.92 Å². The Morgan fingerprint density at radius 1 is 1.00 bits per heavy atom. The van der Waals surface area contributed by atoms with Crippen molar-refractivity contribution in [3.63, 3.8) is 0 Å². The van der Waals surface area contributed by atoms with E-state index in [1.807, 2.05) is 18.9 Å². The van der Waals surface area contributed by atoms with Crippen LogP contribution in [0.4, 0.5) is 24.7 Å². The number of aromatic nitrogens is 4. The van der Waals surface area contributed by atoms with Crippen molar-refractivity contribution in [2.45, 2.75) is 13.1 Å². The number of hydrogen-bond acceptors (Lipinski definition) is 5. The van der Waals surface area contributed by atoms with Gasteiger partial charge in [0.1, 0.15) is 11.6 Å². The Labute approximate surface area is 154 Å². The highest BCUT2D eigenvalue weighted by Gasteiger charge is 2.31. The molecule has 0 radical (unpaired) electrons. The average molecular weight is 376 g/mol. The molecule has 9 heteroatoms. The zero-order valence-electron chi connectivity index (χ0n) is 15.0. The van der Waals surface area contributed by atoms with E-state index in [0.717, 1.165) is 22.9 Å². The Morgan fingerprint density at radius 2 is 1.70 bits per heavy atom. The van der Waals surface area contributed by atoms with Gasteiger partial charge < -0.3 is 9.80 Å². The van der Waals surface area contributed by atoms with Crippen LogP contribution in [-0.2, 0) is 13.2 Å². The monoisotopic (exact) mass is 376 g/mol. The van der Waals surface area contributed by atoms with Crippen molar-refractivity contribution in [2.24, 2.45) is 7.05 Å². The van der Waals surface area contributed by atoms with Crippen LogP contribution in [0.5, 0.6) is 0 Å². The fraction of sp³-hybridized carbons (Fsp3) is 0.389. The van der Waals surface area contributed by atoms with Crippen molar-refractivity contribution in [3.8, 4) is 0 Å². The maximum atomic E-state index is 13.0. The number of halogens is 3. The van der Waals surface area contributed by atoms with Crippen LogP contribution < -0.4 is 9.80 Å². The van der Waals surface area contributed by atoms with E-state index in [1.54, 1.807) is 16.9 Å². The molecule has 1 fully saturated rings. The molecule has 1 aliphatic heterocycles. The second kappa shape index (κ2) is 6.40. The van der Waals surface area contributed by atoms with Gasteiger partial charge in [-0.25, -0.2) is 9.97 Å². The predicted octanol–water partition coefficient (Wildman–Crippen LogP) is 3.02. The molecule has 142 valence electrons. The third kappa shape index (κ3) is 3.29. The fourth-order valence-electron chi connectivity index (χ4n) is 3.41. The highest BCUT2D eigenvalue weighted by Crippen LogP contribution is 2.32. The van der Waals surface area contributed by atoms with Crippen LogP contribution >= 0.6 is 0 Å².